The van der Waals surface area contributed by atoms with E-state index >= 15 is 0 Å². The largest absolute Gasteiger partial charge is 0.454 e. The normalized spacial score (nSPS) is 11.3. The van der Waals surface area contributed by atoms with Gasteiger partial charge in [0.25, 0.3) is 0 Å². The van der Waals surface area contributed by atoms with E-state index in [1.54, 1.807) is 30.3 Å². The fourth-order valence-electron chi connectivity index (χ4n) is 2.84. The molecule has 1 heterocycles. The SMILES string of the molecule is NC(=O)[C@H](NC(=O)CC(=O)Nc1cc(F)c(Oc2ccnc(N)c2)cc1F)c1ccccc1. The average Bonchev–Trinajstić information content (AvgIpc) is 2.76. The van der Waals surface area contributed by atoms with Crippen LogP contribution in [0.1, 0.15) is 18.0 Å². The lowest BCUT2D eigenvalue weighted by atomic mass is 10.1. The molecule has 9 nitrogen and oxygen atoms in total. The zero-order chi connectivity index (χ0) is 24.0. The van der Waals surface area contributed by atoms with Gasteiger partial charge in [-0.15, -0.1) is 0 Å². The maximum atomic E-state index is 14.4. The molecule has 1 atom stereocenters. The predicted octanol–water partition coefficient (Wildman–Crippen LogP) is 2.41. The van der Waals surface area contributed by atoms with Crippen LogP contribution in [0.5, 0.6) is 11.5 Å². The highest BCUT2D eigenvalue weighted by molar-refractivity contribution is 6.04. The molecule has 0 fully saturated rings. The molecule has 2 aromatic carbocycles. The molecule has 6 N–H and O–H groups in total. The van der Waals surface area contributed by atoms with E-state index in [0.717, 1.165) is 6.07 Å². The second-order valence-electron chi connectivity index (χ2n) is 6.82. The van der Waals surface area contributed by atoms with Gasteiger partial charge in [0.2, 0.25) is 17.7 Å². The Balaban J connectivity index is 1.64. The first kappa shape index (κ1) is 23.1. The second kappa shape index (κ2) is 10.2. The van der Waals surface area contributed by atoms with Crippen LogP contribution in [0.15, 0.2) is 60.8 Å². The first-order valence-electron chi connectivity index (χ1n) is 9.55. The molecule has 0 aliphatic carbocycles. The van der Waals surface area contributed by atoms with Gasteiger partial charge in [0.1, 0.15) is 24.0 Å². The molecule has 0 unspecified atom stereocenters. The van der Waals surface area contributed by atoms with E-state index in [0.29, 0.717) is 11.6 Å². The molecule has 0 aliphatic rings. The Labute approximate surface area is 186 Å². The van der Waals surface area contributed by atoms with Gasteiger partial charge < -0.3 is 26.8 Å². The number of pyridine rings is 1. The van der Waals surface area contributed by atoms with Crippen molar-refractivity contribution in [3.63, 3.8) is 0 Å². The molecule has 11 heteroatoms. The van der Waals surface area contributed by atoms with Crippen molar-refractivity contribution in [2.75, 3.05) is 11.1 Å². The van der Waals surface area contributed by atoms with Crippen LogP contribution in [0, 0.1) is 11.6 Å². The Morgan fingerprint density at radius 1 is 1.00 bits per heavy atom. The maximum Gasteiger partial charge on any atom is 0.244 e. The number of primary amides is 1. The van der Waals surface area contributed by atoms with Crippen LogP contribution in [-0.4, -0.2) is 22.7 Å². The van der Waals surface area contributed by atoms with Gasteiger partial charge in [0.15, 0.2) is 17.4 Å². The number of nitrogens with two attached hydrogens (primary N) is 2. The van der Waals surface area contributed by atoms with Gasteiger partial charge in [-0.1, -0.05) is 30.3 Å². The Morgan fingerprint density at radius 3 is 2.39 bits per heavy atom. The van der Waals surface area contributed by atoms with Crippen molar-refractivity contribution in [2.45, 2.75) is 12.5 Å². The van der Waals surface area contributed by atoms with Crippen LogP contribution in [-0.2, 0) is 14.4 Å². The van der Waals surface area contributed by atoms with Gasteiger partial charge in [0.05, 0.1) is 5.69 Å². The first-order valence-corrected chi connectivity index (χ1v) is 9.55. The number of aromatic nitrogens is 1. The van der Waals surface area contributed by atoms with Crippen molar-refractivity contribution >= 4 is 29.2 Å². The second-order valence-corrected chi connectivity index (χ2v) is 6.82. The summed E-state index contributed by atoms with van der Waals surface area (Å²) in [6.07, 6.45) is 0.575. The highest BCUT2D eigenvalue weighted by Gasteiger charge is 2.22. The molecule has 3 aromatic rings. The molecular weight excluding hydrogens is 436 g/mol. The number of amides is 3. The molecule has 0 saturated carbocycles. The highest BCUT2D eigenvalue weighted by Crippen LogP contribution is 2.29. The third-order valence-electron chi connectivity index (χ3n) is 4.32. The lowest BCUT2D eigenvalue weighted by Crippen LogP contribution is -2.38. The summed E-state index contributed by atoms with van der Waals surface area (Å²) in [6.45, 7) is 0. The van der Waals surface area contributed by atoms with Crippen LogP contribution in [0.4, 0.5) is 20.3 Å². The summed E-state index contributed by atoms with van der Waals surface area (Å²) in [5.41, 5.74) is 10.8. The number of nitrogens with zero attached hydrogens (tertiary/aromatic N) is 1. The fourth-order valence-corrected chi connectivity index (χ4v) is 2.84. The third kappa shape index (κ3) is 6.23. The summed E-state index contributed by atoms with van der Waals surface area (Å²) in [6, 6.07) is 11.2. The van der Waals surface area contributed by atoms with Crippen molar-refractivity contribution in [1.29, 1.82) is 0 Å². The quantitative estimate of drug-likeness (QED) is 0.383. The van der Waals surface area contributed by atoms with Crippen molar-refractivity contribution in [2.24, 2.45) is 5.73 Å². The number of carbonyl (C=O) groups excluding carboxylic acids is 3. The zero-order valence-electron chi connectivity index (χ0n) is 17.0. The van der Waals surface area contributed by atoms with Crippen molar-refractivity contribution in [1.82, 2.24) is 10.3 Å². The highest BCUT2D eigenvalue weighted by atomic mass is 19.1. The number of hydrogen-bond donors (Lipinski definition) is 4. The van der Waals surface area contributed by atoms with Gasteiger partial charge in [-0.05, 0) is 11.6 Å². The Morgan fingerprint density at radius 2 is 1.73 bits per heavy atom. The fraction of sp³-hybridized carbons (Fsp3) is 0.0909. The number of anilines is 2. The molecule has 33 heavy (non-hydrogen) atoms. The van der Waals surface area contributed by atoms with Crippen LogP contribution in [0.3, 0.4) is 0 Å². The van der Waals surface area contributed by atoms with Gasteiger partial charge in [-0.3, -0.25) is 14.4 Å². The van der Waals surface area contributed by atoms with Crippen LogP contribution in [0.25, 0.3) is 0 Å². The van der Waals surface area contributed by atoms with Gasteiger partial charge >= 0.3 is 0 Å². The Kier molecular flexibility index (Phi) is 7.13. The molecule has 1 aromatic heterocycles. The van der Waals surface area contributed by atoms with Gasteiger partial charge in [-0.25, -0.2) is 13.8 Å². The Hall–Kier alpha value is -4.54. The number of halogens is 2. The monoisotopic (exact) mass is 455 g/mol. The summed E-state index contributed by atoms with van der Waals surface area (Å²) in [5, 5.41) is 4.45. The minimum absolute atomic E-state index is 0.126. The molecule has 0 saturated heterocycles. The summed E-state index contributed by atoms with van der Waals surface area (Å²) < 4.78 is 34.0. The van der Waals surface area contributed by atoms with E-state index in [4.69, 9.17) is 16.2 Å². The molecule has 0 aliphatic heterocycles. The lowest BCUT2D eigenvalue weighted by molar-refractivity contribution is -0.130. The first-order chi connectivity index (χ1) is 15.7. The van der Waals surface area contributed by atoms with E-state index in [1.165, 1.54) is 18.3 Å². The zero-order valence-corrected chi connectivity index (χ0v) is 17.0. The van der Waals surface area contributed by atoms with E-state index in [9.17, 15) is 23.2 Å². The third-order valence-corrected chi connectivity index (χ3v) is 4.32. The minimum Gasteiger partial charge on any atom is -0.454 e. The average molecular weight is 455 g/mol. The predicted molar refractivity (Wildman–Crippen MR) is 115 cm³/mol. The van der Waals surface area contributed by atoms with Crippen molar-refractivity contribution in [3.8, 4) is 11.5 Å². The summed E-state index contributed by atoms with van der Waals surface area (Å²) in [4.78, 5) is 39.8. The molecule has 0 spiro atoms. The maximum absolute atomic E-state index is 14.4. The van der Waals surface area contributed by atoms with Crippen molar-refractivity contribution < 1.29 is 27.9 Å². The number of benzene rings is 2. The summed E-state index contributed by atoms with van der Waals surface area (Å²) >= 11 is 0. The number of hydrogen-bond acceptors (Lipinski definition) is 6. The molecule has 3 amide bonds. The number of ether oxygens (including phenoxy) is 1. The van der Waals surface area contributed by atoms with E-state index in [-0.39, 0.29) is 11.6 Å². The molecule has 0 bridgehead atoms. The molecular formula is C22H19F2N5O4. The molecule has 0 radical (unpaired) electrons. The number of rotatable bonds is 8. The van der Waals surface area contributed by atoms with Crippen LogP contribution in [0.2, 0.25) is 0 Å². The topological polar surface area (TPSA) is 149 Å². The lowest BCUT2D eigenvalue weighted by Gasteiger charge is -2.16. The smallest absolute Gasteiger partial charge is 0.244 e. The van der Waals surface area contributed by atoms with E-state index in [2.05, 4.69) is 15.6 Å². The van der Waals surface area contributed by atoms with Crippen molar-refractivity contribution in [3.05, 3.63) is 78.0 Å². The molecule has 170 valence electrons. The van der Waals surface area contributed by atoms with Crippen LogP contribution >= 0.6 is 0 Å². The van der Waals surface area contributed by atoms with E-state index < -0.39 is 53.3 Å². The van der Waals surface area contributed by atoms with Crippen LogP contribution < -0.4 is 26.8 Å². The number of carbonyl (C=O) groups is 3. The Bertz CT molecular complexity index is 1190. The minimum atomic E-state index is -1.15. The summed E-state index contributed by atoms with van der Waals surface area (Å²) in [5.74, 6) is -4.74. The van der Waals surface area contributed by atoms with Gasteiger partial charge in [-0.2, -0.15) is 0 Å². The standard InChI is InChI=1S/C22H19F2N5O4/c23-14-10-17(33-13-6-7-27-18(25)8-13)15(24)9-16(14)28-19(30)11-20(31)29-21(22(26)32)12-4-2-1-3-5-12/h1-10,21H,11H2,(H2,25,27)(H2,26,32)(H,28,30)(H,29,31)/t21-/m1/s1. The van der Waals surface area contributed by atoms with Gasteiger partial charge in [0, 0.05) is 24.4 Å². The van der Waals surface area contributed by atoms with E-state index in [1.807, 2.05) is 0 Å². The number of nitrogens with one attached hydrogen (secondary N) is 2. The summed E-state index contributed by atoms with van der Waals surface area (Å²) in [7, 11) is 0. The number of nitrogen functional groups attached to an aromatic ring is 1. The molecule has 3 rings (SSSR count).